The Labute approximate surface area is 101 Å². The Balaban J connectivity index is 2.04. The van der Waals surface area contributed by atoms with E-state index in [4.69, 9.17) is 11.5 Å². The molecule has 2 unspecified atom stereocenters. The summed E-state index contributed by atoms with van der Waals surface area (Å²) in [5.74, 6) is 0.317. The standard InChI is InChI=1S/C13H19N3O/c14-8-9-4-3-7-12(9)16-13(17)10-5-1-2-6-11(10)15/h1-2,5-6,9,12H,3-4,7-8,14-15H2,(H,16,17). The monoisotopic (exact) mass is 233 g/mol. The number of carbonyl (C=O) groups excluding carboxylic acids is 1. The molecule has 2 atom stereocenters. The van der Waals surface area contributed by atoms with Gasteiger partial charge in [-0.25, -0.2) is 0 Å². The number of hydrogen-bond acceptors (Lipinski definition) is 3. The lowest BCUT2D eigenvalue weighted by atomic mass is 10.0. The molecule has 0 aliphatic heterocycles. The largest absolute Gasteiger partial charge is 0.398 e. The predicted octanol–water partition coefficient (Wildman–Crippen LogP) is 1.13. The third kappa shape index (κ3) is 2.58. The summed E-state index contributed by atoms with van der Waals surface area (Å²) in [6.45, 7) is 0.634. The number of nitrogens with one attached hydrogen (secondary N) is 1. The van der Waals surface area contributed by atoms with Crippen molar-refractivity contribution in [2.24, 2.45) is 11.7 Å². The molecule has 0 aromatic heterocycles. The molecule has 92 valence electrons. The second-order valence-electron chi connectivity index (χ2n) is 4.59. The third-order valence-electron chi connectivity index (χ3n) is 3.48. The highest BCUT2D eigenvalue weighted by atomic mass is 16.1. The van der Waals surface area contributed by atoms with Crippen molar-refractivity contribution in [3.05, 3.63) is 29.8 Å². The van der Waals surface area contributed by atoms with E-state index >= 15 is 0 Å². The molecule has 1 aromatic carbocycles. The van der Waals surface area contributed by atoms with Gasteiger partial charge in [-0.3, -0.25) is 4.79 Å². The lowest BCUT2D eigenvalue weighted by molar-refractivity contribution is 0.0929. The second kappa shape index (κ2) is 5.19. The van der Waals surface area contributed by atoms with Crippen molar-refractivity contribution in [1.29, 1.82) is 0 Å². The minimum Gasteiger partial charge on any atom is -0.398 e. The Morgan fingerprint density at radius 1 is 1.35 bits per heavy atom. The second-order valence-corrected chi connectivity index (χ2v) is 4.59. The van der Waals surface area contributed by atoms with Crippen LogP contribution in [-0.4, -0.2) is 18.5 Å². The fourth-order valence-corrected chi connectivity index (χ4v) is 2.46. The van der Waals surface area contributed by atoms with E-state index in [2.05, 4.69) is 5.32 Å². The quantitative estimate of drug-likeness (QED) is 0.684. The summed E-state index contributed by atoms with van der Waals surface area (Å²) in [6.07, 6.45) is 3.25. The van der Waals surface area contributed by atoms with Crippen molar-refractivity contribution in [3.63, 3.8) is 0 Å². The Bertz CT molecular complexity index is 405. The van der Waals surface area contributed by atoms with Crippen molar-refractivity contribution >= 4 is 11.6 Å². The van der Waals surface area contributed by atoms with E-state index in [0.717, 1.165) is 19.3 Å². The van der Waals surface area contributed by atoms with Gasteiger partial charge in [0.25, 0.3) is 5.91 Å². The first-order valence-corrected chi connectivity index (χ1v) is 6.08. The SMILES string of the molecule is NCC1CCCC1NC(=O)c1ccccc1N. The molecule has 0 radical (unpaired) electrons. The van der Waals surface area contributed by atoms with Gasteiger partial charge >= 0.3 is 0 Å². The number of rotatable bonds is 3. The van der Waals surface area contributed by atoms with Gasteiger partial charge in [-0.1, -0.05) is 18.6 Å². The zero-order valence-corrected chi connectivity index (χ0v) is 9.86. The molecule has 1 aliphatic carbocycles. The van der Waals surface area contributed by atoms with E-state index in [1.807, 2.05) is 12.1 Å². The summed E-state index contributed by atoms with van der Waals surface area (Å²) in [6, 6.07) is 7.33. The van der Waals surface area contributed by atoms with Crippen LogP contribution in [-0.2, 0) is 0 Å². The maximum Gasteiger partial charge on any atom is 0.253 e. The van der Waals surface area contributed by atoms with E-state index < -0.39 is 0 Å². The fraction of sp³-hybridized carbons (Fsp3) is 0.462. The Morgan fingerprint density at radius 2 is 2.12 bits per heavy atom. The molecule has 1 fully saturated rings. The summed E-state index contributed by atoms with van der Waals surface area (Å²) in [4.78, 5) is 12.1. The van der Waals surface area contributed by atoms with Gasteiger partial charge < -0.3 is 16.8 Å². The van der Waals surface area contributed by atoms with Crippen LogP contribution in [0.3, 0.4) is 0 Å². The molecular weight excluding hydrogens is 214 g/mol. The number of nitrogen functional groups attached to an aromatic ring is 1. The van der Waals surface area contributed by atoms with Gasteiger partial charge in [-0.05, 0) is 37.4 Å². The van der Waals surface area contributed by atoms with Crippen LogP contribution >= 0.6 is 0 Å². The van der Waals surface area contributed by atoms with Gasteiger partial charge in [0.1, 0.15) is 0 Å². The maximum absolute atomic E-state index is 12.1. The van der Waals surface area contributed by atoms with Gasteiger partial charge in [-0.2, -0.15) is 0 Å². The highest BCUT2D eigenvalue weighted by molar-refractivity contribution is 5.99. The molecule has 0 heterocycles. The summed E-state index contributed by atoms with van der Waals surface area (Å²) < 4.78 is 0. The summed E-state index contributed by atoms with van der Waals surface area (Å²) in [5.41, 5.74) is 12.5. The smallest absolute Gasteiger partial charge is 0.253 e. The molecule has 4 nitrogen and oxygen atoms in total. The van der Waals surface area contributed by atoms with Crippen molar-refractivity contribution in [2.75, 3.05) is 12.3 Å². The molecule has 17 heavy (non-hydrogen) atoms. The van der Waals surface area contributed by atoms with Gasteiger partial charge in [0.2, 0.25) is 0 Å². The number of carbonyl (C=O) groups is 1. The molecule has 0 bridgehead atoms. The van der Waals surface area contributed by atoms with Crippen LogP contribution in [0.4, 0.5) is 5.69 Å². The van der Waals surface area contributed by atoms with Crippen LogP contribution in [0.25, 0.3) is 0 Å². The fourth-order valence-electron chi connectivity index (χ4n) is 2.46. The van der Waals surface area contributed by atoms with Crippen LogP contribution < -0.4 is 16.8 Å². The molecule has 5 N–H and O–H groups in total. The van der Waals surface area contributed by atoms with Crippen molar-refractivity contribution in [1.82, 2.24) is 5.32 Å². The molecule has 1 saturated carbocycles. The lowest BCUT2D eigenvalue weighted by Gasteiger charge is -2.19. The van der Waals surface area contributed by atoms with Gasteiger partial charge in [0, 0.05) is 11.7 Å². The molecule has 1 aliphatic rings. The number of anilines is 1. The number of amides is 1. The van der Waals surface area contributed by atoms with Crippen molar-refractivity contribution < 1.29 is 4.79 Å². The molecular formula is C13H19N3O. The molecule has 0 spiro atoms. The van der Waals surface area contributed by atoms with Crippen LogP contribution in [0.1, 0.15) is 29.6 Å². The Morgan fingerprint density at radius 3 is 2.82 bits per heavy atom. The number of para-hydroxylation sites is 1. The first kappa shape index (κ1) is 11.9. The molecule has 1 aromatic rings. The summed E-state index contributed by atoms with van der Waals surface area (Å²) >= 11 is 0. The minimum absolute atomic E-state index is 0.0894. The van der Waals surface area contributed by atoms with Crippen molar-refractivity contribution in [3.8, 4) is 0 Å². The van der Waals surface area contributed by atoms with Gasteiger partial charge in [0.05, 0.1) is 5.56 Å². The number of hydrogen-bond donors (Lipinski definition) is 3. The average molecular weight is 233 g/mol. The first-order chi connectivity index (χ1) is 8.22. The third-order valence-corrected chi connectivity index (χ3v) is 3.48. The van der Waals surface area contributed by atoms with Crippen molar-refractivity contribution in [2.45, 2.75) is 25.3 Å². The maximum atomic E-state index is 12.1. The summed E-state index contributed by atoms with van der Waals surface area (Å²) in [5, 5.41) is 3.04. The van der Waals surface area contributed by atoms with E-state index in [0.29, 0.717) is 23.7 Å². The van der Waals surface area contributed by atoms with Crippen LogP contribution in [0, 0.1) is 5.92 Å². The number of nitrogens with two attached hydrogens (primary N) is 2. The highest BCUT2D eigenvalue weighted by Crippen LogP contribution is 2.25. The molecule has 0 saturated heterocycles. The zero-order chi connectivity index (χ0) is 12.3. The lowest BCUT2D eigenvalue weighted by Crippen LogP contribution is -2.40. The van der Waals surface area contributed by atoms with E-state index in [9.17, 15) is 4.79 Å². The Hall–Kier alpha value is -1.55. The average Bonchev–Trinajstić information content (AvgIpc) is 2.76. The highest BCUT2D eigenvalue weighted by Gasteiger charge is 2.27. The molecule has 2 rings (SSSR count). The molecule has 4 heteroatoms. The summed E-state index contributed by atoms with van der Waals surface area (Å²) in [7, 11) is 0. The van der Waals surface area contributed by atoms with E-state index in [-0.39, 0.29) is 11.9 Å². The topological polar surface area (TPSA) is 81.1 Å². The first-order valence-electron chi connectivity index (χ1n) is 6.08. The van der Waals surface area contributed by atoms with Gasteiger partial charge in [0.15, 0.2) is 0 Å². The van der Waals surface area contributed by atoms with E-state index in [1.54, 1.807) is 12.1 Å². The predicted molar refractivity (Wildman–Crippen MR) is 68.5 cm³/mol. The normalized spacial score (nSPS) is 23.6. The van der Waals surface area contributed by atoms with Crippen LogP contribution in [0.5, 0.6) is 0 Å². The van der Waals surface area contributed by atoms with Gasteiger partial charge in [-0.15, -0.1) is 0 Å². The number of benzene rings is 1. The zero-order valence-electron chi connectivity index (χ0n) is 9.86. The van der Waals surface area contributed by atoms with Crippen LogP contribution in [0.15, 0.2) is 24.3 Å². The minimum atomic E-state index is -0.0894. The Kier molecular flexibility index (Phi) is 3.64. The van der Waals surface area contributed by atoms with E-state index in [1.165, 1.54) is 0 Å². The van der Waals surface area contributed by atoms with Crippen LogP contribution in [0.2, 0.25) is 0 Å². The molecule has 1 amide bonds.